The summed E-state index contributed by atoms with van der Waals surface area (Å²) in [4.78, 5) is 31.4. The molecule has 35 heavy (non-hydrogen) atoms. The van der Waals surface area contributed by atoms with Crippen molar-refractivity contribution in [2.24, 2.45) is 5.92 Å². The van der Waals surface area contributed by atoms with Crippen LogP contribution in [0.1, 0.15) is 35.2 Å². The van der Waals surface area contributed by atoms with E-state index in [1.165, 1.54) is 0 Å². The van der Waals surface area contributed by atoms with Crippen LogP contribution in [0.25, 0.3) is 0 Å². The van der Waals surface area contributed by atoms with E-state index in [1.54, 1.807) is 6.33 Å². The number of nitrogens with zero attached hydrogens (tertiary/aromatic N) is 3. The number of nitrogens with one attached hydrogen (secondary N) is 1. The second kappa shape index (κ2) is 10.6. The summed E-state index contributed by atoms with van der Waals surface area (Å²) < 4.78 is 1.92. The molecule has 1 aliphatic rings. The van der Waals surface area contributed by atoms with Gasteiger partial charge in [0.1, 0.15) is 6.04 Å². The molecule has 0 bridgehead atoms. The number of aliphatic carboxylic acids is 1. The van der Waals surface area contributed by atoms with Crippen LogP contribution in [0.15, 0.2) is 55.0 Å². The lowest BCUT2D eigenvalue weighted by Crippen LogP contribution is -2.47. The first-order chi connectivity index (χ1) is 16.8. The Morgan fingerprint density at radius 1 is 1.14 bits per heavy atom. The molecule has 0 radical (unpaired) electrons. The van der Waals surface area contributed by atoms with E-state index < -0.39 is 12.0 Å². The van der Waals surface area contributed by atoms with Gasteiger partial charge in [-0.15, -0.1) is 0 Å². The van der Waals surface area contributed by atoms with Gasteiger partial charge >= 0.3 is 5.97 Å². The molecule has 0 aliphatic carbocycles. The third-order valence-electron chi connectivity index (χ3n) is 6.83. The maximum absolute atomic E-state index is 12.9. The molecule has 1 aromatic heterocycles. The fourth-order valence-electron chi connectivity index (χ4n) is 4.67. The summed E-state index contributed by atoms with van der Waals surface area (Å²) in [6.07, 6.45) is 5.00. The molecule has 2 heterocycles. The smallest absolute Gasteiger partial charge is 0.326 e. The zero-order valence-electron chi connectivity index (χ0n) is 20.3. The standard InChI is InChI=1S/C27H33N5O3/c1-18-8-9-24(19(2)25(18)28)32-12-10-21(11-13-32)26(33)30-23(27(34)35)14-22-16-31(17-29-22)15-20-6-4-3-5-7-20/h3-9,16-17,21,23H,10-15,28H2,1-2H3,(H,30,33)(H,34,35). The van der Waals surface area contributed by atoms with Crippen molar-refractivity contribution >= 4 is 23.3 Å². The largest absolute Gasteiger partial charge is 0.480 e. The topological polar surface area (TPSA) is 113 Å². The van der Waals surface area contributed by atoms with E-state index in [4.69, 9.17) is 5.73 Å². The number of carbonyl (C=O) groups is 2. The lowest BCUT2D eigenvalue weighted by molar-refractivity contribution is -0.142. The van der Waals surface area contributed by atoms with Crippen molar-refractivity contribution in [2.45, 2.75) is 45.7 Å². The molecule has 0 saturated carbocycles. The maximum Gasteiger partial charge on any atom is 0.326 e. The minimum Gasteiger partial charge on any atom is -0.480 e. The normalized spacial score (nSPS) is 15.1. The van der Waals surface area contributed by atoms with Crippen molar-refractivity contribution in [3.8, 4) is 0 Å². The molecule has 3 aromatic rings. The fraction of sp³-hybridized carbons (Fsp3) is 0.370. The minimum atomic E-state index is -1.06. The molecule has 1 atom stereocenters. The molecule has 184 valence electrons. The zero-order chi connectivity index (χ0) is 24.9. The summed E-state index contributed by atoms with van der Waals surface area (Å²) in [5.74, 6) is -1.48. The van der Waals surface area contributed by atoms with Crippen molar-refractivity contribution in [1.82, 2.24) is 14.9 Å². The number of rotatable bonds is 8. The Balaban J connectivity index is 1.33. The number of imidazole rings is 1. The summed E-state index contributed by atoms with van der Waals surface area (Å²) in [6.45, 7) is 6.12. The summed E-state index contributed by atoms with van der Waals surface area (Å²) in [5.41, 5.74) is 12.0. The highest BCUT2D eigenvalue weighted by atomic mass is 16.4. The highest BCUT2D eigenvalue weighted by Gasteiger charge is 2.29. The lowest BCUT2D eigenvalue weighted by Gasteiger charge is -2.34. The van der Waals surface area contributed by atoms with E-state index in [0.29, 0.717) is 25.1 Å². The number of aryl methyl sites for hydroxylation is 1. The maximum atomic E-state index is 12.9. The van der Waals surface area contributed by atoms with Crippen LogP contribution < -0.4 is 16.0 Å². The molecule has 1 aliphatic heterocycles. The predicted octanol–water partition coefficient (Wildman–Crippen LogP) is 3.16. The van der Waals surface area contributed by atoms with Crippen LogP contribution >= 0.6 is 0 Å². The van der Waals surface area contributed by atoms with Crippen LogP contribution in [0.5, 0.6) is 0 Å². The molecule has 1 saturated heterocycles. The zero-order valence-corrected chi connectivity index (χ0v) is 20.3. The Morgan fingerprint density at radius 3 is 2.54 bits per heavy atom. The van der Waals surface area contributed by atoms with Crippen molar-refractivity contribution in [3.63, 3.8) is 0 Å². The molecular formula is C27H33N5O3. The third-order valence-corrected chi connectivity index (χ3v) is 6.83. The van der Waals surface area contributed by atoms with Crippen LogP contribution in [0.3, 0.4) is 0 Å². The number of carboxylic acid groups (broad SMARTS) is 1. The number of benzene rings is 2. The summed E-state index contributed by atoms with van der Waals surface area (Å²) in [6, 6.07) is 13.1. The van der Waals surface area contributed by atoms with E-state index in [1.807, 2.05) is 61.0 Å². The molecule has 8 heteroatoms. The van der Waals surface area contributed by atoms with E-state index in [9.17, 15) is 14.7 Å². The molecule has 1 fully saturated rings. The fourth-order valence-corrected chi connectivity index (χ4v) is 4.67. The van der Waals surface area contributed by atoms with Gasteiger partial charge in [0.25, 0.3) is 0 Å². The van der Waals surface area contributed by atoms with Gasteiger partial charge in [-0.1, -0.05) is 36.4 Å². The number of hydrogen-bond acceptors (Lipinski definition) is 5. The molecule has 1 unspecified atom stereocenters. The number of nitrogen functional groups attached to an aromatic ring is 1. The van der Waals surface area contributed by atoms with Gasteiger partial charge in [0.2, 0.25) is 5.91 Å². The lowest BCUT2D eigenvalue weighted by atomic mass is 9.94. The average molecular weight is 476 g/mol. The molecule has 8 nitrogen and oxygen atoms in total. The van der Waals surface area contributed by atoms with E-state index in [2.05, 4.69) is 21.3 Å². The average Bonchev–Trinajstić information content (AvgIpc) is 3.29. The van der Waals surface area contributed by atoms with Gasteiger partial charge in [0, 0.05) is 49.5 Å². The first-order valence-corrected chi connectivity index (χ1v) is 12.0. The number of piperidine rings is 1. The van der Waals surface area contributed by atoms with Crippen LogP contribution in [-0.4, -0.2) is 45.7 Å². The SMILES string of the molecule is Cc1ccc(N2CCC(C(=O)NC(Cc3cn(Cc4ccccc4)cn3)C(=O)O)CC2)c(C)c1N. The Hall–Kier alpha value is -3.81. The van der Waals surface area contributed by atoms with Gasteiger partial charge in [-0.3, -0.25) is 4.79 Å². The monoisotopic (exact) mass is 475 g/mol. The van der Waals surface area contributed by atoms with Gasteiger partial charge in [-0.25, -0.2) is 9.78 Å². The van der Waals surface area contributed by atoms with Gasteiger partial charge in [-0.05, 0) is 49.4 Å². The van der Waals surface area contributed by atoms with E-state index in [-0.39, 0.29) is 18.2 Å². The quantitative estimate of drug-likeness (QED) is 0.431. The number of amides is 1. The van der Waals surface area contributed by atoms with E-state index >= 15 is 0 Å². The summed E-state index contributed by atoms with van der Waals surface area (Å²) >= 11 is 0. The molecule has 4 rings (SSSR count). The Bertz CT molecular complexity index is 1180. The van der Waals surface area contributed by atoms with Crippen LogP contribution in [0.4, 0.5) is 11.4 Å². The van der Waals surface area contributed by atoms with E-state index in [0.717, 1.165) is 41.2 Å². The number of hydrogen-bond donors (Lipinski definition) is 3. The Morgan fingerprint density at radius 2 is 1.86 bits per heavy atom. The van der Waals surface area contributed by atoms with Crippen LogP contribution in [0, 0.1) is 19.8 Å². The molecule has 4 N–H and O–H groups in total. The number of anilines is 2. The van der Waals surface area contributed by atoms with Crippen molar-refractivity contribution in [3.05, 3.63) is 77.4 Å². The van der Waals surface area contributed by atoms with Gasteiger partial charge in [0.15, 0.2) is 0 Å². The van der Waals surface area contributed by atoms with Crippen LogP contribution in [0.2, 0.25) is 0 Å². The number of aromatic nitrogens is 2. The van der Waals surface area contributed by atoms with Crippen molar-refractivity contribution in [1.29, 1.82) is 0 Å². The summed E-state index contributed by atoms with van der Waals surface area (Å²) in [7, 11) is 0. The van der Waals surface area contributed by atoms with Crippen molar-refractivity contribution < 1.29 is 14.7 Å². The first kappa shape index (κ1) is 24.3. The van der Waals surface area contributed by atoms with Crippen molar-refractivity contribution in [2.75, 3.05) is 23.7 Å². The molecule has 1 amide bonds. The van der Waals surface area contributed by atoms with Gasteiger partial charge < -0.3 is 25.6 Å². The Labute approximate surface area is 205 Å². The number of carbonyl (C=O) groups excluding carboxylic acids is 1. The Kier molecular flexibility index (Phi) is 7.39. The molecule has 2 aromatic carbocycles. The minimum absolute atomic E-state index is 0.142. The second-order valence-corrected chi connectivity index (χ2v) is 9.33. The highest BCUT2D eigenvalue weighted by molar-refractivity contribution is 5.85. The predicted molar refractivity (Wildman–Crippen MR) is 136 cm³/mol. The van der Waals surface area contributed by atoms with Gasteiger partial charge in [0.05, 0.1) is 12.0 Å². The number of nitrogens with two attached hydrogens (primary N) is 1. The van der Waals surface area contributed by atoms with Crippen LogP contribution in [-0.2, 0) is 22.6 Å². The first-order valence-electron chi connectivity index (χ1n) is 12.0. The number of carboxylic acids is 1. The van der Waals surface area contributed by atoms with Gasteiger partial charge in [-0.2, -0.15) is 0 Å². The third kappa shape index (κ3) is 5.82. The summed E-state index contributed by atoms with van der Waals surface area (Å²) in [5, 5.41) is 12.5. The molecule has 0 spiro atoms. The second-order valence-electron chi connectivity index (χ2n) is 9.33. The highest BCUT2D eigenvalue weighted by Crippen LogP contribution is 2.31. The molecular weight excluding hydrogens is 442 g/mol.